The summed E-state index contributed by atoms with van der Waals surface area (Å²) in [4.78, 5) is 12.9. The maximum atomic E-state index is 11.1. The van der Waals surface area contributed by atoms with Crippen LogP contribution in [-0.2, 0) is 0 Å². The summed E-state index contributed by atoms with van der Waals surface area (Å²) in [5, 5.41) is 22.7. The highest BCUT2D eigenvalue weighted by atomic mass is 16.6. The molecule has 3 rings (SSSR count). The second-order valence-electron chi connectivity index (χ2n) is 5.49. The molecule has 0 amide bonds. The normalized spacial score (nSPS) is 15.7. The van der Waals surface area contributed by atoms with E-state index in [0.717, 1.165) is 37.2 Å². The molecule has 2 aromatic rings. The summed E-state index contributed by atoms with van der Waals surface area (Å²) < 4.78 is 1.46. The Morgan fingerprint density at radius 2 is 1.83 bits per heavy atom. The van der Waals surface area contributed by atoms with Crippen LogP contribution in [0.15, 0.2) is 36.0 Å². The number of hydrogen-bond donors (Lipinski definition) is 0. The van der Waals surface area contributed by atoms with E-state index in [9.17, 15) is 10.1 Å². The molecule has 1 aliphatic rings. The predicted molar refractivity (Wildman–Crippen MR) is 86.8 cm³/mol. The van der Waals surface area contributed by atoms with Gasteiger partial charge in [-0.3, -0.25) is 10.1 Å². The first-order valence-corrected chi connectivity index (χ1v) is 7.66. The molecule has 0 atom stereocenters. The molecule has 0 spiro atoms. The van der Waals surface area contributed by atoms with Crippen LogP contribution in [0.4, 0.5) is 11.4 Å². The van der Waals surface area contributed by atoms with Gasteiger partial charge in [0.25, 0.3) is 5.69 Å². The molecule has 1 fully saturated rings. The Morgan fingerprint density at radius 3 is 2.48 bits per heavy atom. The smallest absolute Gasteiger partial charge is 0.270 e. The lowest BCUT2D eigenvalue weighted by atomic mass is 10.1. The van der Waals surface area contributed by atoms with Crippen molar-refractivity contribution in [1.29, 1.82) is 0 Å². The van der Waals surface area contributed by atoms with Gasteiger partial charge in [0.05, 0.1) is 11.1 Å². The standard InChI is InChI=1S/C15H18N6O2/c22-21(23)14-5-6-15(19-7-3-1-2-4-8-19)13(9-14)10-18-20-11-16-17-12-20/h5-6,9-12H,1-4,7-8H2/b18-10+. The lowest BCUT2D eigenvalue weighted by Gasteiger charge is -2.24. The Hall–Kier alpha value is -2.77. The second kappa shape index (κ2) is 6.99. The SMILES string of the molecule is O=[N+]([O-])c1ccc(N2CCCCCC2)c(/C=N/n2cnnc2)c1. The van der Waals surface area contributed by atoms with E-state index in [4.69, 9.17) is 0 Å². The zero-order chi connectivity index (χ0) is 16.1. The number of nitro groups is 1. The van der Waals surface area contributed by atoms with E-state index in [1.165, 1.54) is 30.2 Å². The predicted octanol–water partition coefficient (Wildman–Crippen LogP) is 2.45. The third-order valence-electron chi connectivity index (χ3n) is 3.91. The third kappa shape index (κ3) is 3.71. The molecule has 8 nitrogen and oxygen atoms in total. The molecule has 23 heavy (non-hydrogen) atoms. The van der Waals surface area contributed by atoms with E-state index in [0.29, 0.717) is 0 Å². The number of aromatic nitrogens is 3. The number of hydrogen-bond acceptors (Lipinski definition) is 6. The van der Waals surface area contributed by atoms with Crippen LogP contribution in [0.3, 0.4) is 0 Å². The minimum Gasteiger partial charge on any atom is -0.371 e. The first kappa shape index (κ1) is 15.1. The van der Waals surface area contributed by atoms with Crippen LogP contribution in [-0.4, -0.2) is 39.1 Å². The van der Waals surface area contributed by atoms with Crippen LogP contribution in [0.25, 0.3) is 0 Å². The molecule has 0 bridgehead atoms. The van der Waals surface area contributed by atoms with Gasteiger partial charge in [0.1, 0.15) is 12.7 Å². The fraction of sp³-hybridized carbons (Fsp3) is 0.400. The molecule has 8 heteroatoms. The maximum Gasteiger partial charge on any atom is 0.270 e. The van der Waals surface area contributed by atoms with E-state index in [1.807, 2.05) is 6.07 Å². The molecule has 1 saturated heterocycles. The minimum atomic E-state index is -0.387. The van der Waals surface area contributed by atoms with Crippen molar-refractivity contribution in [2.24, 2.45) is 5.10 Å². The highest BCUT2D eigenvalue weighted by Gasteiger charge is 2.16. The quantitative estimate of drug-likeness (QED) is 0.491. The average Bonchev–Trinajstić information content (AvgIpc) is 2.93. The Kier molecular flexibility index (Phi) is 4.60. The van der Waals surface area contributed by atoms with Gasteiger partial charge in [-0.1, -0.05) is 12.8 Å². The van der Waals surface area contributed by atoms with E-state index < -0.39 is 0 Å². The van der Waals surface area contributed by atoms with Gasteiger partial charge in [0.2, 0.25) is 0 Å². The van der Waals surface area contributed by atoms with Crippen molar-refractivity contribution in [2.75, 3.05) is 18.0 Å². The van der Waals surface area contributed by atoms with Crippen LogP contribution < -0.4 is 4.90 Å². The summed E-state index contributed by atoms with van der Waals surface area (Å²) in [6.45, 7) is 1.93. The van der Waals surface area contributed by atoms with Crippen LogP contribution >= 0.6 is 0 Å². The average molecular weight is 314 g/mol. The minimum absolute atomic E-state index is 0.0637. The van der Waals surface area contributed by atoms with Crippen molar-refractivity contribution in [1.82, 2.24) is 14.9 Å². The zero-order valence-corrected chi connectivity index (χ0v) is 12.7. The van der Waals surface area contributed by atoms with Gasteiger partial charge >= 0.3 is 0 Å². The number of nitrogens with zero attached hydrogens (tertiary/aromatic N) is 6. The molecule has 0 unspecified atom stereocenters. The molecule has 2 heterocycles. The monoisotopic (exact) mass is 314 g/mol. The molecule has 1 aromatic carbocycles. The molecule has 1 aromatic heterocycles. The van der Waals surface area contributed by atoms with E-state index >= 15 is 0 Å². The number of non-ortho nitro benzene ring substituents is 1. The Labute approximate surface area is 133 Å². The van der Waals surface area contributed by atoms with Crippen molar-refractivity contribution < 1.29 is 4.92 Å². The molecule has 0 N–H and O–H groups in total. The number of anilines is 1. The summed E-state index contributed by atoms with van der Waals surface area (Å²) >= 11 is 0. The maximum absolute atomic E-state index is 11.1. The van der Waals surface area contributed by atoms with Crippen LogP contribution in [0.2, 0.25) is 0 Å². The topological polar surface area (TPSA) is 89.5 Å². The first-order chi connectivity index (χ1) is 11.2. The van der Waals surface area contributed by atoms with Crippen LogP contribution in [0.5, 0.6) is 0 Å². The number of benzene rings is 1. The van der Waals surface area contributed by atoms with Crippen molar-refractivity contribution >= 4 is 17.6 Å². The fourth-order valence-corrected chi connectivity index (χ4v) is 2.74. The van der Waals surface area contributed by atoms with Crippen LogP contribution in [0, 0.1) is 10.1 Å². The number of nitro benzene ring substituents is 1. The number of rotatable bonds is 4. The van der Waals surface area contributed by atoms with E-state index in [2.05, 4.69) is 20.2 Å². The van der Waals surface area contributed by atoms with Gasteiger partial charge < -0.3 is 4.90 Å². The van der Waals surface area contributed by atoms with Crippen LogP contribution in [0.1, 0.15) is 31.2 Å². The molecule has 0 saturated carbocycles. The van der Waals surface area contributed by atoms with Crippen molar-refractivity contribution in [3.63, 3.8) is 0 Å². The molecule has 0 aliphatic carbocycles. The van der Waals surface area contributed by atoms with Gasteiger partial charge in [-0.15, -0.1) is 10.2 Å². The van der Waals surface area contributed by atoms with Gasteiger partial charge in [-0.05, 0) is 18.9 Å². The van der Waals surface area contributed by atoms with Gasteiger partial charge in [-0.2, -0.15) is 5.10 Å². The Morgan fingerprint density at radius 1 is 1.13 bits per heavy atom. The van der Waals surface area contributed by atoms with Crippen molar-refractivity contribution in [2.45, 2.75) is 25.7 Å². The van der Waals surface area contributed by atoms with E-state index in [-0.39, 0.29) is 10.6 Å². The lowest BCUT2D eigenvalue weighted by molar-refractivity contribution is -0.384. The highest BCUT2D eigenvalue weighted by molar-refractivity contribution is 5.89. The van der Waals surface area contributed by atoms with Crippen molar-refractivity contribution in [3.05, 3.63) is 46.5 Å². The first-order valence-electron chi connectivity index (χ1n) is 7.66. The molecular formula is C15H18N6O2. The molecule has 0 radical (unpaired) electrons. The second-order valence-corrected chi connectivity index (χ2v) is 5.49. The third-order valence-corrected chi connectivity index (χ3v) is 3.91. The van der Waals surface area contributed by atoms with Crippen molar-refractivity contribution in [3.8, 4) is 0 Å². The fourth-order valence-electron chi connectivity index (χ4n) is 2.74. The summed E-state index contributed by atoms with van der Waals surface area (Å²) in [7, 11) is 0. The molecule has 1 aliphatic heterocycles. The largest absolute Gasteiger partial charge is 0.371 e. The van der Waals surface area contributed by atoms with Gasteiger partial charge in [0.15, 0.2) is 0 Å². The molecular weight excluding hydrogens is 296 g/mol. The van der Waals surface area contributed by atoms with Gasteiger partial charge in [-0.25, -0.2) is 4.68 Å². The summed E-state index contributed by atoms with van der Waals surface area (Å²) in [6.07, 6.45) is 9.30. The van der Waals surface area contributed by atoms with E-state index in [1.54, 1.807) is 18.3 Å². The summed E-state index contributed by atoms with van der Waals surface area (Å²) in [5.74, 6) is 0. The molecule has 120 valence electrons. The zero-order valence-electron chi connectivity index (χ0n) is 12.7. The Balaban J connectivity index is 1.94. The highest BCUT2D eigenvalue weighted by Crippen LogP contribution is 2.26. The lowest BCUT2D eigenvalue weighted by Crippen LogP contribution is -2.25. The Bertz CT molecular complexity index is 690. The summed E-state index contributed by atoms with van der Waals surface area (Å²) in [6, 6.07) is 4.93. The van der Waals surface area contributed by atoms with Gasteiger partial charge in [0, 0.05) is 36.5 Å². The summed E-state index contributed by atoms with van der Waals surface area (Å²) in [5.41, 5.74) is 1.78.